The Morgan fingerprint density at radius 1 is 1.32 bits per heavy atom. The molecule has 1 saturated heterocycles. The number of amides is 1. The van der Waals surface area contributed by atoms with Crippen LogP contribution >= 0.6 is 15.9 Å². The SMILES string of the molecule is C[Si](C)(C)CCOCn1nc(Br)c(F)c1N1CCC(Cc2ccc(C(F)F)nc2)C1=O. The predicted molar refractivity (Wildman–Crippen MR) is 117 cm³/mol. The number of anilines is 1. The molecule has 0 saturated carbocycles. The largest absolute Gasteiger partial charge is 0.359 e. The fraction of sp³-hybridized carbons (Fsp3) is 0.550. The number of halogens is 4. The van der Waals surface area contributed by atoms with Crippen LogP contribution in [0.25, 0.3) is 0 Å². The van der Waals surface area contributed by atoms with Crippen molar-refractivity contribution < 1.29 is 22.7 Å². The Hall–Kier alpha value is -1.72. The fourth-order valence-corrected chi connectivity index (χ4v) is 4.51. The van der Waals surface area contributed by atoms with E-state index in [-0.39, 0.29) is 34.7 Å². The van der Waals surface area contributed by atoms with Gasteiger partial charge in [-0.15, -0.1) is 0 Å². The quantitative estimate of drug-likeness (QED) is 0.345. The zero-order valence-electron chi connectivity index (χ0n) is 17.7. The molecule has 3 heterocycles. The van der Waals surface area contributed by atoms with Gasteiger partial charge in [0.05, 0.1) is 0 Å². The van der Waals surface area contributed by atoms with Crippen LogP contribution in [0.4, 0.5) is 19.0 Å². The number of ether oxygens (including phenoxy) is 1. The highest BCUT2D eigenvalue weighted by Crippen LogP contribution is 2.32. The molecule has 2 aromatic heterocycles. The average Bonchev–Trinajstić information content (AvgIpc) is 3.18. The van der Waals surface area contributed by atoms with Crippen molar-refractivity contribution in [1.82, 2.24) is 14.8 Å². The van der Waals surface area contributed by atoms with Crippen molar-refractivity contribution in [3.63, 3.8) is 0 Å². The molecule has 1 aliphatic rings. The second kappa shape index (κ2) is 9.82. The number of carbonyl (C=O) groups is 1. The van der Waals surface area contributed by atoms with Gasteiger partial charge in [-0.2, -0.15) is 9.49 Å². The van der Waals surface area contributed by atoms with Crippen molar-refractivity contribution in [2.24, 2.45) is 5.92 Å². The number of carbonyl (C=O) groups excluding carboxylic acids is 1. The highest BCUT2D eigenvalue weighted by molar-refractivity contribution is 9.10. The average molecular weight is 519 g/mol. The van der Waals surface area contributed by atoms with Crippen molar-refractivity contribution in [1.29, 1.82) is 0 Å². The van der Waals surface area contributed by atoms with Gasteiger partial charge in [-0.25, -0.2) is 13.5 Å². The molecule has 0 N–H and O–H groups in total. The van der Waals surface area contributed by atoms with E-state index in [4.69, 9.17) is 4.74 Å². The number of rotatable bonds is 9. The zero-order valence-corrected chi connectivity index (χ0v) is 20.3. The van der Waals surface area contributed by atoms with E-state index in [9.17, 15) is 18.0 Å². The monoisotopic (exact) mass is 518 g/mol. The molecular weight excluding hydrogens is 493 g/mol. The minimum absolute atomic E-state index is 0.0272. The summed E-state index contributed by atoms with van der Waals surface area (Å²) in [5.74, 6) is -1.13. The fourth-order valence-electron chi connectivity index (χ4n) is 3.39. The van der Waals surface area contributed by atoms with Gasteiger partial charge in [0.1, 0.15) is 12.4 Å². The van der Waals surface area contributed by atoms with Gasteiger partial charge in [-0.1, -0.05) is 25.7 Å². The number of hydrogen-bond donors (Lipinski definition) is 0. The minimum atomic E-state index is -2.63. The molecule has 1 amide bonds. The van der Waals surface area contributed by atoms with E-state index in [0.717, 1.165) is 6.04 Å². The lowest BCUT2D eigenvalue weighted by molar-refractivity contribution is -0.120. The maximum atomic E-state index is 14.8. The Kier molecular flexibility index (Phi) is 7.58. The third-order valence-corrected chi connectivity index (χ3v) is 7.38. The van der Waals surface area contributed by atoms with Crippen LogP contribution in [0.1, 0.15) is 24.1 Å². The Bertz CT molecular complexity index is 918. The van der Waals surface area contributed by atoms with E-state index in [1.807, 2.05) is 0 Å². The first-order chi connectivity index (χ1) is 14.6. The Morgan fingerprint density at radius 2 is 2.06 bits per heavy atom. The molecule has 0 aliphatic carbocycles. The molecule has 0 spiro atoms. The van der Waals surface area contributed by atoms with Gasteiger partial charge in [0.15, 0.2) is 16.2 Å². The number of hydrogen-bond acceptors (Lipinski definition) is 4. The molecule has 0 aromatic carbocycles. The van der Waals surface area contributed by atoms with Crippen molar-refractivity contribution in [3.8, 4) is 0 Å². The van der Waals surface area contributed by atoms with Gasteiger partial charge in [0.25, 0.3) is 6.43 Å². The summed E-state index contributed by atoms with van der Waals surface area (Å²) >= 11 is 3.10. The van der Waals surface area contributed by atoms with Crippen molar-refractivity contribution in [3.05, 3.63) is 40.0 Å². The van der Waals surface area contributed by atoms with Gasteiger partial charge >= 0.3 is 0 Å². The lowest BCUT2D eigenvalue weighted by Gasteiger charge is -2.19. The zero-order chi connectivity index (χ0) is 22.8. The molecule has 170 valence electrons. The Labute approximate surface area is 188 Å². The molecule has 11 heteroatoms. The van der Waals surface area contributed by atoms with Gasteiger partial charge in [-0.05, 0) is 46.4 Å². The van der Waals surface area contributed by atoms with Crippen LogP contribution < -0.4 is 4.90 Å². The maximum absolute atomic E-state index is 14.8. The summed E-state index contributed by atoms with van der Waals surface area (Å²) in [5.41, 5.74) is 0.391. The van der Waals surface area contributed by atoms with Crippen molar-refractivity contribution >= 4 is 35.7 Å². The van der Waals surface area contributed by atoms with Crippen molar-refractivity contribution in [2.75, 3.05) is 18.1 Å². The van der Waals surface area contributed by atoms with E-state index in [1.165, 1.54) is 21.8 Å². The first kappa shape index (κ1) is 23.9. The smallest absolute Gasteiger partial charge is 0.280 e. The molecule has 6 nitrogen and oxygen atoms in total. The van der Waals surface area contributed by atoms with Crippen LogP contribution in [-0.2, 0) is 22.7 Å². The summed E-state index contributed by atoms with van der Waals surface area (Å²) in [6.07, 6.45) is -0.387. The highest BCUT2D eigenvalue weighted by atomic mass is 79.9. The number of alkyl halides is 2. The van der Waals surface area contributed by atoms with Gasteiger partial charge in [0, 0.05) is 33.3 Å². The molecule has 1 fully saturated rings. The lowest BCUT2D eigenvalue weighted by Crippen LogP contribution is -2.31. The second-order valence-corrected chi connectivity index (χ2v) is 15.2. The third kappa shape index (κ3) is 5.95. The molecule has 1 aliphatic heterocycles. The van der Waals surface area contributed by atoms with E-state index in [0.29, 0.717) is 31.6 Å². The summed E-state index contributed by atoms with van der Waals surface area (Å²) in [4.78, 5) is 18.1. The van der Waals surface area contributed by atoms with Gasteiger partial charge in [0.2, 0.25) is 5.91 Å². The number of nitrogens with zero attached hydrogens (tertiary/aromatic N) is 4. The molecule has 2 aromatic rings. The molecular formula is C20H26BrF3N4O2Si. The highest BCUT2D eigenvalue weighted by Gasteiger charge is 2.37. The Balaban J connectivity index is 1.68. The van der Waals surface area contributed by atoms with Crippen LogP contribution in [0.3, 0.4) is 0 Å². The van der Waals surface area contributed by atoms with Crippen LogP contribution in [-0.4, -0.2) is 41.9 Å². The first-order valence-corrected chi connectivity index (χ1v) is 14.6. The minimum Gasteiger partial charge on any atom is -0.359 e. The summed E-state index contributed by atoms with van der Waals surface area (Å²) in [6, 6.07) is 3.79. The van der Waals surface area contributed by atoms with Crippen molar-refractivity contribution in [2.45, 2.75) is 51.7 Å². The topological polar surface area (TPSA) is 60.2 Å². The third-order valence-electron chi connectivity index (χ3n) is 5.17. The lowest BCUT2D eigenvalue weighted by atomic mass is 9.99. The van der Waals surface area contributed by atoms with Crippen LogP contribution in [0.5, 0.6) is 0 Å². The molecule has 0 radical (unpaired) electrons. The molecule has 31 heavy (non-hydrogen) atoms. The number of aromatic nitrogens is 3. The van der Waals surface area contributed by atoms with Crippen LogP contribution in [0.2, 0.25) is 25.7 Å². The maximum Gasteiger partial charge on any atom is 0.280 e. The Morgan fingerprint density at radius 3 is 2.68 bits per heavy atom. The van der Waals surface area contributed by atoms with E-state index in [2.05, 4.69) is 45.7 Å². The first-order valence-electron chi connectivity index (χ1n) is 10.1. The van der Waals surface area contributed by atoms with E-state index < -0.39 is 20.3 Å². The summed E-state index contributed by atoms with van der Waals surface area (Å²) in [7, 11) is -1.26. The molecule has 3 rings (SSSR count). The van der Waals surface area contributed by atoms with E-state index in [1.54, 1.807) is 6.07 Å². The normalized spacial score (nSPS) is 17.2. The predicted octanol–water partition coefficient (Wildman–Crippen LogP) is 5.03. The summed E-state index contributed by atoms with van der Waals surface area (Å²) in [5, 5.41) is 4.13. The summed E-state index contributed by atoms with van der Waals surface area (Å²) in [6.45, 7) is 7.67. The van der Waals surface area contributed by atoms with E-state index >= 15 is 0 Å². The number of pyridine rings is 1. The second-order valence-electron chi connectivity index (χ2n) is 8.85. The van der Waals surface area contributed by atoms with Gasteiger partial charge < -0.3 is 4.74 Å². The standard InChI is InChI=1S/C20H26BrF3N4O2Si/c1-31(2,3)9-8-30-12-28-19(16(22)17(21)26-28)27-7-6-14(20(27)29)10-13-4-5-15(18(23)24)25-11-13/h4-5,11,14,18H,6-10,12H2,1-3H3. The summed E-state index contributed by atoms with van der Waals surface area (Å²) < 4.78 is 47.2. The van der Waals surface area contributed by atoms with Crippen LogP contribution in [0.15, 0.2) is 22.9 Å². The molecule has 1 unspecified atom stereocenters. The molecule has 1 atom stereocenters. The van der Waals surface area contributed by atoms with Crippen LogP contribution in [0, 0.1) is 11.7 Å². The van der Waals surface area contributed by atoms with Gasteiger partial charge in [-0.3, -0.25) is 14.7 Å². The molecule has 0 bridgehead atoms.